The van der Waals surface area contributed by atoms with Gasteiger partial charge in [0, 0.05) is 16.5 Å². The highest BCUT2D eigenvalue weighted by Crippen LogP contribution is 2.29. The summed E-state index contributed by atoms with van der Waals surface area (Å²) in [6.07, 6.45) is 2.53. The first kappa shape index (κ1) is 26.8. The van der Waals surface area contributed by atoms with Gasteiger partial charge in [0.15, 0.2) is 0 Å². The number of halogens is 2. The molecule has 1 saturated heterocycles. The Balaban J connectivity index is 1.57. The number of nitrogens with one attached hydrogen (secondary N) is 2. The third kappa shape index (κ3) is 6.73. The number of imidazole rings is 1. The fourth-order valence-corrected chi connectivity index (χ4v) is 4.78. The topological polar surface area (TPSA) is 71.4 Å². The van der Waals surface area contributed by atoms with E-state index in [-0.39, 0.29) is 11.9 Å². The van der Waals surface area contributed by atoms with Gasteiger partial charge in [-0.2, -0.15) is 0 Å². The zero-order chi connectivity index (χ0) is 26.4. The van der Waals surface area contributed by atoms with Crippen molar-refractivity contribution in [3.63, 3.8) is 0 Å². The molecule has 0 saturated carbocycles. The number of aromatic nitrogens is 2. The van der Waals surface area contributed by atoms with Crippen LogP contribution in [0.25, 0.3) is 11.0 Å². The summed E-state index contributed by atoms with van der Waals surface area (Å²) in [5.41, 5.74) is 2.58. The van der Waals surface area contributed by atoms with Gasteiger partial charge in [-0.25, -0.2) is 13.8 Å². The Morgan fingerprint density at radius 2 is 2.05 bits per heavy atom. The number of anilines is 1. The number of ether oxygens (including phenoxy) is 1. The zero-order valence-corrected chi connectivity index (χ0v) is 22.0. The molecule has 2 aromatic carbocycles. The summed E-state index contributed by atoms with van der Waals surface area (Å²) >= 11 is 1.63. The number of piperidine rings is 1. The van der Waals surface area contributed by atoms with Crippen LogP contribution >= 0.6 is 11.8 Å². The van der Waals surface area contributed by atoms with Crippen molar-refractivity contribution in [3.05, 3.63) is 47.8 Å². The normalized spacial score (nSPS) is 14.4. The van der Waals surface area contributed by atoms with Crippen LogP contribution in [0.3, 0.4) is 0 Å². The predicted octanol–water partition coefficient (Wildman–Crippen LogP) is 4.32. The van der Waals surface area contributed by atoms with Gasteiger partial charge in [-0.1, -0.05) is 11.8 Å². The van der Waals surface area contributed by atoms with E-state index >= 15 is 0 Å². The van der Waals surface area contributed by atoms with E-state index in [1.54, 1.807) is 31.0 Å². The Labute approximate surface area is 220 Å². The van der Waals surface area contributed by atoms with E-state index in [0.29, 0.717) is 28.7 Å². The maximum Gasteiger partial charge on any atom is 0.256 e. The molecule has 1 aromatic heterocycles. The smallest absolute Gasteiger partial charge is 0.256 e. The first-order valence-electron chi connectivity index (χ1n) is 12.1. The number of amides is 1. The number of benzene rings is 2. The van der Waals surface area contributed by atoms with Crippen molar-refractivity contribution in [1.82, 2.24) is 19.8 Å². The molecule has 2 heterocycles. The molecule has 4 rings (SSSR count). The van der Waals surface area contributed by atoms with Crippen LogP contribution in [0, 0.1) is 11.8 Å². The van der Waals surface area contributed by atoms with Gasteiger partial charge in [0.05, 0.1) is 43.3 Å². The Bertz CT molecular complexity index is 1310. The maximum absolute atomic E-state index is 13.2. The minimum Gasteiger partial charge on any atom is -0.495 e. The fourth-order valence-electron chi connectivity index (χ4n) is 4.35. The highest BCUT2D eigenvalue weighted by Gasteiger charge is 2.22. The van der Waals surface area contributed by atoms with Crippen LogP contribution < -0.4 is 15.4 Å². The second kappa shape index (κ2) is 12.3. The monoisotopic (exact) mass is 527 g/mol. The summed E-state index contributed by atoms with van der Waals surface area (Å²) in [6, 6.07) is 9.34. The number of hydrogen-bond donors (Lipinski definition) is 2. The lowest BCUT2D eigenvalue weighted by atomic mass is 10.0. The van der Waals surface area contributed by atoms with Crippen LogP contribution in [0.1, 0.15) is 28.8 Å². The average Bonchev–Trinajstić information content (AvgIpc) is 3.29. The molecule has 196 valence electrons. The van der Waals surface area contributed by atoms with Crippen molar-refractivity contribution in [2.45, 2.75) is 36.7 Å². The highest BCUT2D eigenvalue weighted by atomic mass is 32.2. The molecule has 0 atom stereocenters. The largest absolute Gasteiger partial charge is 0.495 e. The summed E-state index contributed by atoms with van der Waals surface area (Å²) in [4.78, 5) is 20.8. The lowest BCUT2D eigenvalue weighted by molar-refractivity contribution is 0.0918. The highest BCUT2D eigenvalue weighted by molar-refractivity contribution is 7.98. The molecule has 0 bridgehead atoms. The number of hydrogen-bond acceptors (Lipinski definition) is 6. The van der Waals surface area contributed by atoms with Gasteiger partial charge in [0.1, 0.15) is 11.3 Å². The maximum atomic E-state index is 13.2. The van der Waals surface area contributed by atoms with Crippen LogP contribution in [0.15, 0.2) is 41.6 Å². The molecule has 1 amide bonds. The Morgan fingerprint density at radius 3 is 2.76 bits per heavy atom. The predicted molar refractivity (Wildman–Crippen MR) is 144 cm³/mol. The van der Waals surface area contributed by atoms with Crippen molar-refractivity contribution in [1.29, 1.82) is 0 Å². The summed E-state index contributed by atoms with van der Waals surface area (Å²) in [5, 5.41) is 6.34. The number of alkyl halides is 2. The van der Waals surface area contributed by atoms with Gasteiger partial charge in [0.25, 0.3) is 12.3 Å². The van der Waals surface area contributed by atoms with E-state index in [1.807, 2.05) is 24.5 Å². The zero-order valence-electron chi connectivity index (χ0n) is 21.2. The van der Waals surface area contributed by atoms with Crippen molar-refractivity contribution >= 4 is 34.4 Å². The van der Waals surface area contributed by atoms with Crippen molar-refractivity contribution in [2.75, 3.05) is 45.4 Å². The minimum atomic E-state index is -2.54. The van der Waals surface area contributed by atoms with E-state index in [1.165, 1.54) is 10.9 Å². The van der Waals surface area contributed by atoms with Crippen LogP contribution in [0.4, 0.5) is 14.5 Å². The summed E-state index contributed by atoms with van der Waals surface area (Å²) < 4.78 is 33.2. The number of carbonyl (C=O) groups is 1. The first-order valence-corrected chi connectivity index (χ1v) is 13.3. The van der Waals surface area contributed by atoms with E-state index in [0.717, 1.165) is 42.3 Å². The summed E-state index contributed by atoms with van der Waals surface area (Å²) in [7, 11) is 3.68. The second-order valence-corrected chi connectivity index (χ2v) is 9.83. The molecule has 3 aromatic rings. The van der Waals surface area contributed by atoms with Gasteiger partial charge in [-0.05, 0) is 69.6 Å². The van der Waals surface area contributed by atoms with Gasteiger partial charge < -0.3 is 24.8 Å². The third-order valence-electron chi connectivity index (χ3n) is 6.37. The molecule has 10 heteroatoms. The number of rotatable bonds is 8. The number of thioether (sulfide) groups is 1. The molecule has 1 aliphatic heterocycles. The standard InChI is InChI=1S/C27H31F2N5O2S/c1-33-11-8-19(9-12-33)32-27(35)21-13-18(14-23-26(21)31-17-34(23)16-25(28)29)5-4-10-30-22-7-6-20(37-3)15-24(22)36-2/h6-7,13-15,17,19,25,30H,8-12,16H2,1-3H3,(H,32,35). The Morgan fingerprint density at radius 1 is 1.27 bits per heavy atom. The average molecular weight is 528 g/mol. The third-order valence-corrected chi connectivity index (χ3v) is 7.09. The number of nitrogens with zero attached hydrogens (tertiary/aromatic N) is 3. The van der Waals surface area contributed by atoms with Crippen LogP contribution in [0.5, 0.6) is 5.75 Å². The molecule has 37 heavy (non-hydrogen) atoms. The van der Waals surface area contributed by atoms with Gasteiger partial charge in [-0.3, -0.25) is 4.79 Å². The molecular weight excluding hydrogens is 496 g/mol. The number of likely N-dealkylation sites (tertiary alicyclic amines) is 1. The van der Waals surface area contributed by atoms with E-state index in [4.69, 9.17) is 4.74 Å². The quantitative estimate of drug-likeness (QED) is 0.336. The van der Waals surface area contributed by atoms with Crippen LogP contribution in [-0.4, -0.2) is 72.9 Å². The summed E-state index contributed by atoms with van der Waals surface area (Å²) in [5.74, 6) is 6.59. The fraction of sp³-hybridized carbons (Fsp3) is 0.407. The molecule has 2 N–H and O–H groups in total. The van der Waals surface area contributed by atoms with Crippen molar-refractivity contribution in [2.24, 2.45) is 0 Å². The Kier molecular flexibility index (Phi) is 8.90. The summed E-state index contributed by atoms with van der Waals surface area (Å²) in [6.45, 7) is 1.65. The lowest BCUT2D eigenvalue weighted by Crippen LogP contribution is -2.43. The van der Waals surface area contributed by atoms with Gasteiger partial charge in [0.2, 0.25) is 0 Å². The number of methoxy groups -OCH3 is 1. The molecule has 1 fully saturated rings. The van der Waals surface area contributed by atoms with Gasteiger partial charge >= 0.3 is 0 Å². The van der Waals surface area contributed by atoms with E-state index in [9.17, 15) is 13.6 Å². The minimum absolute atomic E-state index is 0.0633. The van der Waals surface area contributed by atoms with Crippen molar-refractivity contribution < 1.29 is 18.3 Å². The van der Waals surface area contributed by atoms with Crippen LogP contribution in [0.2, 0.25) is 0 Å². The number of fused-ring (bicyclic) bond motifs is 1. The number of carbonyl (C=O) groups excluding carboxylic acids is 1. The van der Waals surface area contributed by atoms with E-state index < -0.39 is 13.0 Å². The molecule has 1 aliphatic rings. The van der Waals surface area contributed by atoms with Gasteiger partial charge in [-0.15, -0.1) is 11.8 Å². The first-order chi connectivity index (χ1) is 17.9. The SMILES string of the molecule is COc1cc(SC)ccc1NCC#Cc1cc(C(=O)NC2CCN(C)CC2)c2ncn(CC(F)F)c2c1. The second-order valence-electron chi connectivity index (χ2n) is 8.95. The van der Waals surface area contributed by atoms with E-state index in [2.05, 4.69) is 39.4 Å². The Hall–Kier alpha value is -3.29. The molecule has 7 nitrogen and oxygen atoms in total. The molecule has 0 aliphatic carbocycles. The molecule has 0 unspecified atom stereocenters. The molecule has 0 spiro atoms. The molecule has 0 radical (unpaired) electrons. The van der Waals surface area contributed by atoms with Crippen LogP contribution in [-0.2, 0) is 6.54 Å². The van der Waals surface area contributed by atoms with Crippen molar-refractivity contribution in [3.8, 4) is 17.6 Å². The molecular formula is C27H31F2N5O2S. The lowest BCUT2D eigenvalue weighted by Gasteiger charge is -2.29.